The van der Waals surface area contributed by atoms with Gasteiger partial charge >= 0.3 is 6.18 Å². The van der Waals surface area contributed by atoms with Crippen LogP contribution in [0.3, 0.4) is 0 Å². The molecule has 4 rings (SSSR count). The second-order valence-corrected chi connectivity index (χ2v) is 7.28. The van der Waals surface area contributed by atoms with Crippen molar-refractivity contribution in [2.24, 2.45) is 7.05 Å². The second-order valence-electron chi connectivity index (χ2n) is 7.28. The van der Waals surface area contributed by atoms with E-state index < -0.39 is 23.6 Å². The maximum absolute atomic E-state index is 12.9. The van der Waals surface area contributed by atoms with Gasteiger partial charge in [0.1, 0.15) is 17.1 Å². The number of aliphatic hydroxyl groups excluding tert-OH is 1. The van der Waals surface area contributed by atoms with Gasteiger partial charge in [-0.2, -0.15) is 13.2 Å². The standard InChI is InChI=1S/C19H20F3N5O2/c1-27-7-6-11-17(27)16(15-14(29)8-10(9-23-15)19(20,21)22)25-26-18(11)24-12-4-2-3-5-13(12)28/h6-9,12-13,28-29H,2-5H2,1H3,(H,24,26). The Balaban J connectivity index is 1.77. The first-order chi connectivity index (χ1) is 13.8. The fourth-order valence-corrected chi connectivity index (χ4v) is 3.73. The topological polar surface area (TPSA) is 96.1 Å². The molecule has 1 aliphatic carbocycles. The molecule has 10 heteroatoms. The molecule has 0 aliphatic heterocycles. The Labute approximate surface area is 164 Å². The molecule has 2 atom stereocenters. The summed E-state index contributed by atoms with van der Waals surface area (Å²) in [7, 11) is 1.76. The van der Waals surface area contributed by atoms with E-state index in [4.69, 9.17) is 0 Å². The van der Waals surface area contributed by atoms with Crippen LogP contribution in [0.4, 0.5) is 19.0 Å². The number of pyridine rings is 1. The Hall–Kier alpha value is -2.88. The second kappa shape index (κ2) is 7.18. The van der Waals surface area contributed by atoms with E-state index >= 15 is 0 Å². The quantitative estimate of drug-likeness (QED) is 0.615. The number of hydrogen-bond acceptors (Lipinski definition) is 6. The average molecular weight is 407 g/mol. The number of halogens is 3. The lowest BCUT2D eigenvalue weighted by atomic mass is 9.92. The highest BCUT2D eigenvalue weighted by Gasteiger charge is 2.32. The van der Waals surface area contributed by atoms with Crippen molar-refractivity contribution in [3.05, 3.63) is 30.1 Å². The van der Waals surface area contributed by atoms with Gasteiger partial charge in [0.05, 0.1) is 23.2 Å². The summed E-state index contributed by atoms with van der Waals surface area (Å²) >= 11 is 0. The molecule has 3 heterocycles. The van der Waals surface area contributed by atoms with Gasteiger partial charge in [0.25, 0.3) is 0 Å². The van der Waals surface area contributed by atoms with Crippen LogP contribution in [0.2, 0.25) is 0 Å². The Morgan fingerprint density at radius 2 is 1.93 bits per heavy atom. The smallest absolute Gasteiger partial charge is 0.418 e. The number of aliphatic hydroxyl groups is 1. The predicted molar refractivity (Wildman–Crippen MR) is 100 cm³/mol. The largest absolute Gasteiger partial charge is 0.506 e. The van der Waals surface area contributed by atoms with Gasteiger partial charge in [-0.3, -0.25) is 0 Å². The highest BCUT2D eigenvalue weighted by molar-refractivity contribution is 5.98. The van der Waals surface area contributed by atoms with Crippen LogP contribution in [0.1, 0.15) is 31.2 Å². The van der Waals surface area contributed by atoms with Crippen molar-refractivity contribution in [1.82, 2.24) is 19.7 Å². The molecule has 0 bridgehead atoms. The number of rotatable bonds is 3. The van der Waals surface area contributed by atoms with Gasteiger partial charge in [0.2, 0.25) is 0 Å². The molecule has 0 amide bonds. The van der Waals surface area contributed by atoms with E-state index in [0.717, 1.165) is 19.3 Å². The average Bonchev–Trinajstić information content (AvgIpc) is 3.06. The first kappa shape index (κ1) is 19.4. The highest BCUT2D eigenvalue weighted by Crippen LogP contribution is 2.37. The molecule has 0 aromatic carbocycles. The van der Waals surface area contributed by atoms with Crippen molar-refractivity contribution < 1.29 is 23.4 Å². The first-order valence-electron chi connectivity index (χ1n) is 9.28. The summed E-state index contributed by atoms with van der Waals surface area (Å²) in [4.78, 5) is 3.80. The number of hydrogen-bond donors (Lipinski definition) is 3. The van der Waals surface area contributed by atoms with Crippen LogP contribution in [0.15, 0.2) is 24.5 Å². The lowest BCUT2D eigenvalue weighted by Crippen LogP contribution is -2.36. The Bertz CT molecular complexity index is 1050. The summed E-state index contributed by atoms with van der Waals surface area (Å²) in [6.45, 7) is 0. The summed E-state index contributed by atoms with van der Waals surface area (Å²) < 4.78 is 40.3. The zero-order chi connectivity index (χ0) is 20.8. The number of alkyl halides is 3. The third-order valence-corrected chi connectivity index (χ3v) is 5.27. The zero-order valence-electron chi connectivity index (χ0n) is 15.6. The molecular formula is C19H20F3N5O2. The van der Waals surface area contributed by atoms with E-state index in [1.165, 1.54) is 0 Å². The van der Waals surface area contributed by atoms with E-state index in [9.17, 15) is 23.4 Å². The minimum atomic E-state index is -4.61. The first-order valence-corrected chi connectivity index (χ1v) is 9.28. The molecular weight excluding hydrogens is 387 g/mol. The van der Waals surface area contributed by atoms with Crippen LogP contribution in [-0.4, -0.2) is 42.1 Å². The minimum Gasteiger partial charge on any atom is -0.506 e. The lowest BCUT2D eigenvalue weighted by molar-refractivity contribution is -0.137. The van der Waals surface area contributed by atoms with Crippen molar-refractivity contribution in [2.75, 3.05) is 5.32 Å². The monoisotopic (exact) mass is 407 g/mol. The van der Waals surface area contributed by atoms with Gasteiger partial charge < -0.3 is 20.1 Å². The molecule has 0 spiro atoms. The number of fused-ring (bicyclic) bond motifs is 1. The highest BCUT2D eigenvalue weighted by atomic mass is 19.4. The van der Waals surface area contributed by atoms with Crippen LogP contribution in [0.25, 0.3) is 22.3 Å². The molecule has 29 heavy (non-hydrogen) atoms. The van der Waals surface area contributed by atoms with Crippen LogP contribution in [0.5, 0.6) is 5.75 Å². The summed E-state index contributed by atoms with van der Waals surface area (Å²) in [6, 6.07) is 2.28. The molecule has 3 aromatic rings. The molecule has 2 unspecified atom stereocenters. The number of aromatic nitrogens is 4. The number of aryl methyl sites for hydroxylation is 1. The van der Waals surface area contributed by atoms with Gasteiger partial charge in [-0.1, -0.05) is 12.8 Å². The molecule has 3 N–H and O–H groups in total. The predicted octanol–water partition coefficient (Wildman–Crippen LogP) is 3.47. The number of anilines is 1. The molecule has 7 nitrogen and oxygen atoms in total. The molecule has 154 valence electrons. The molecule has 1 saturated carbocycles. The van der Waals surface area contributed by atoms with E-state index in [1.807, 2.05) is 0 Å². The third kappa shape index (κ3) is 3.59. The zero-order valence-corrected chi connectivity index (χ0v) is 15.6. The van der Waals surface area contributed by atoms with Gasteiger partial charge in [-0.05, 0) is 25.0 Å². The van der Waals surface area contributed by atoms with Gasteiger partial charge in [-0.25, -0.2) is 4.98 Å². The van der Waals surface area contributed by atoms with Crippen molar-refractivity contribution in [1.29, 1.82) is 0 Å². The van der Waals surface area contributed by atoms with E-state index in [2.05, 4.69) is 20.5 Å². The van der Waals surface area contributed by atoms with E-state index in [1.54, 1.807) is 23.9 Å². The summed E-state index contributed by atoms with van der Waals surface area (Å²) in [5, 5.41) is 32.6. The molecule has 1 fully saturated rings. The fourth-order valence-electron chi connectivity index (χ4n) is 3.73. The third-order valence-electron chi connectivity index (χ3n) is 5.27. The molecule has 3 aromatic heterocycles. The molecule has 1 aliphatic rings. The molecule has 0 saturated heterocycles. The van der Waals surface area contributed by atoms with E-state index in [-0.39, 0.29) is 17.4 Å². The Morgan fingerprint density at radius 1 is 1.17 bits per heavy atom. The summed E-state index contributed by atoms with van der Waals surface area (Å²) in [5.74, 6) is -0.151. The Kier molecular flexibility index (Phi) is 4.81. The fraction of sp³-hybridized carbons (Fsp3) is 0.421. The molecule has 0 radical (unpaired) electrons. The van der Waals surface area contributed by atoms with Crippen LogP contribution in [0, 0.1) is 0 Å². The minimum absolute atomic E-state index is 0.0819. The van der Waals surface area contributed by atoms with Crippen molar-refractivity contribution in [2.45, 2.75) is 44.0 Å². The number of aromatic hydroxyl groups is 1. The number of nitrogens with one attached hydrogen (secondary N) is 1. The maximum atomic E-state index is 12.9. The maximum Gasteiger partial charge on any atom is 0.418 e. The summed E-state index contributed by atoms with van der Waals surface area (Å²) in [5.41, 5.74) is -0.384. The van der Waals surface area contributed by atoms with Crippen LogP contribution >= 0.6 is 0 Å². The van der Waals surface area contributed by atoms with Crippen molar-refractivity contribution in [3.63, 3.8) is 0 Å². The van der Waals surface area contributed by atoms with Gasteiger partial charge in [0.15, 0.2) is 5.82 Å². The number of nitrogens with zero attached hydrogens (tertiary/aromatic N) is 4. The van der Waals surface area contributed by atoms with Crippen LogP contribution in [-0.2, 0) is 13.2 Å². The van der Waals surface area contributed by atoms with Crippen LogP contribution < -0.4 is 5.32 Å². The lowest BCUT2D eigenvalue weighted by Gasteiger charge is -2.28. The SMILES string of the molecule is Cn1ccc2c(NC3CCCCC3O)nnc(-c3ncc(C(F)(F)F)cc3O)c21. The van der Waals surface area contributed by atoms with E-state index in [0.29, 0.717) is 35.4 Å². The normalized spacial score (nSPS) is 20.2. The Morgan fingerprint density at radius 3 is 2.62 bits per heavy atom. The summed E-state index contributed by atoms with van der Waals surface area (Å²) in [6.07, 6.45) is 0.834. The van der Waals surface area contributed by atoms with Crippen molar-refractivity contribution >= 4 is 16.7 Å². The van der Waals surface area contributed by atoms with Crippen molar-refractivity contribution in [3.8, 4) is 17.1 Å². The van der Waals surface area contributed by atoms with Gasteiger partial charge in [-0.15, -0.1) is 10.2 Å². The van der Waals surface area contributed by atoms with Gasteiger partial charge in [0, 0.05) is 24.8 Å².